The van der Waals surface area contributed by atoms with E-state index in [2.05, 4.69) is 53.3 Å². The Bertz CT molecular complexity index is 1260. The van der Waals surface area contributed by atoms with E-state index in [1.54, 1.807) is 24.5 Å². The number of benzene rings is 2. The summed E-state index contributed by atoms with van der Waals surface area (Å²) >= 11 is 0. The zero-order valence-electron chi connectivity index (χ0n) is 18.0. The number of phenolic OH excluding ortho intramolecular Hbond substituents is 1. The molecule has 0 aliphatic carbocycles. The van der Waals surface area contributed by atoms with E-state index in [1.165, 1.54) is 5.56 Å². The summed E-state index contributed by atoms with van der Waals surface area (Å²) in [5.74, 6) is 0.437. The number of nitrogens with one attached hydrogen (secondary N) is 1. The summed E-state index contributed by atoms with van der Waals surface area (Å²) in [5.41, 5.74) is 5.64. The van der Waals surface area contributed by atoms with Crippen LogP contribution in [0.4, 0.5) is 0 Å². The molecule has 160 valence electrons. The van der Waals surface area contributed by atoms with Crippen LogP contribution in [0.25, 0.3) is 11.3 Å². The van der Waals surface area contributed by atoms with Gasteiger partial charge in [-0.3, -0.25) is 14.9 Å². The van der Waals surface area contributed by atoms with Gasteiger partial charge in [-0.2, -0.15) is 5.10 Å². The van der Waals surface area contributed by atoms with Crippen molar-refractivity contribution in [2.24, 2.45) is 0 Å². The number of aromatic nitrogens is 3. The van der Waals surface area contributed by atoms with Crippen molar-refractivity contribution in [3.63, 3.8) is 0 Å². The predicted molar refractivity (Wildman–Crippen MR) is 122 cm³/mol. The van der Waals surface area contributed by atoms with Crippen molar-refractivity contribution in [3.05, 3.63) is 101 Å². The number of aromatic amines is 1. The molecule has 1 aliphatic rings. The van der Waals surface area contributed by atoms with Crippen molar-refractivity contribution in [2.45, 2.75) is 32.4 Å². The van der Waals surface area contributed by atoms with E-state index < -0.39 is 0 Å². The van der Waals surface area contributed by atoms with Crippen molar-refractivity contribution in [1.29, 1.82) is 0 Å². The number of H-pyrrole nitrogens is 1. The Labute approximate surface area is 186 Å². The second kappa shape index (κ2) is 7.96. The summed E-state index contributed by atoms with van der Waals surface area (Å²) in [6, 6.07) is 19.0. The number of rotatable bonds is 5. The number of fused-ring (bicyclic) bond motifs is 1. The Morgan fingerprint density at radius 2 is 1.84 bits per heavy atom. The van der Waals surface area contributed by atoms with Crippen LogP contribution in [0.5, 0.6) is 5.75 Å². The van der Waals surface area contributed by atoms with E-state index in [0.29, 0.717) is 29.4 Å². The van der Waals surface area contributed by atoms with Gasteiger partial charge in [0.1, 0.15) is 17.1 Å². The molecule has 1 atom stereocenters. The molecule has 2 aromatic carbocycles. The summed E-state index contributed by atoms with van der Waals surface area (Å²) in [7, 11) is 0. The van der Waals surface area contributed by atoms with Crippen molar-refractivity contribution >= 4 is 5.91 Å². The van der Waals surface area contributed by atoms with Crippen LogP contribution in [0.15, 0.2) is 73.1 Å². The lowest BCUT2D eigenvalue weighted by Gasteiger charge is -2.26. The van der Waals surface area contributed by atoms with Gasteiger partial charge in [-0.05, 0) is 40.8 Å². The van der Waals surface area contributed by atoms with E-state index in [1.807, 2.05) is 29.2 Å². The van der Waals surface area contributed by atoms with Gasteiger partial charge in [0.25, 0.3) is 5.91 Å². The first-order valence-electron chi connectivity index (χ1n) is 10.7. The summed E-state index contributed by atoms with van der Waals surface area (Å²) < 4.78 is 0. The monoisotopic (exact) mass is 424 g/mol. The van der Waals surface area contributed by atoms with Crippen LogP contribution < -0.4 is 0 Å². The molecule has 1 amide bonds. The van der Waals surface area contributed by atoms with Crippen molar-refractivity contribution in [1.82, 2.24) is 20.1 Å². The van der Waals surface area contributed by atoms with Gasteiger partial charge in [0, 0.05) is 30.1 Å². The molecule has 2 N–H and O–H groups in total. The third-order valence-electron chi connectivity index (χ3n) is 6.02. The second-order valence-corrected chi connectivity index (χ2v) is 8.40. The molecule has 6 nitrogen and oxygen atoms in total. The number of hydrogen-bond acceptors (Lipinski definition) is 4. The maximum absolute atomic E-state index is 13.5. The first kappa shape index (κ1) is 20.0. The van der Waals surface area contributed by atoms with Crippen molar-refractivity contribution in [3.8, 4) is 17.0 Å². The first-order chi connectivity index (χ1) is 15.5. The highest BCUT2D eigenvalue weighted by Gasteiger charge is 2.42. The number of nitrogens with zero attached hydrogens (tertiary/aromatic N) is 3. The van der Waals surface area contributed by atoms with E-state index >= 15 is 0 Å². The molecule has 0 unspecified atom stereocenters. The molecule has 0 spiro atoms. The van der Waals surface area contributed by atoms with E-state index in [9.17, 15) is 9.90 Å². The Morgan fingerprint density at radius 3 is 2.53 bits per heavy atom. The number of hydrogen-bond donors (Lipinski definition) is 2. The van der Waals surface area contributed by atoms with Crippen LogP contribution in [-0.2, 0) is 6.54 Å². The van der Waals surface area contributed by atoms with E-state index in [4.69, 9.17) is 0 Å². The van der Waals surface area contributed by atoms with Crippen LogP contribution >= 0.6 is 0 Å². The first-order valence-corrected chi connectivity index (χ1v) is 10.7. The van der Waals surface area contributed by atoms with Crippen molar-refractivity contribution < 1.29 is 9.90 Å². The minimum absolute atomic E-state index is 0.115. The predicted octanol–water partition coefficient (Wildman–Crippen LogP) is 5.05. The Morgan fingerprint density at radius 1 is 1.06 bits per heavy atom. The van der Waals surface area contributed by atoms with Crippen LogP contribution in [0, 0.1) is 0 Å². The quantitative estimate of drug-likeness (QED) is 0.470. The fourth-order valence-electron chi connectivity index (χ4n) is 4.34. The minimum Gasteiger partial charge on any atom is -0.507 e. The lowest BCUT2D eigenvalue weighted by molar-refractivity contribution is 0.0730. The van der Waals surface area contributed by atoms with Gasteiger partial charge in [-0.1, -0.05) is 56.3 Å². The third kappa shape index (κ3) is 3.34. The van der Waals surface area contributed by atoms with Gasteiger partial charge in [0.05, 0.1) is 6.04 Å². The molecule has 3 heterocycles. The average molecular weight is 425 g/mol. The number of aromatic hydroxyl groups is 1. The van der Waals surface area contributed by atoms with Gasteiger partial charge in [0.15, 0.2) is 0 Å². The zero-order valence-corrected chi connectivity index (χ0v) is 18.0. The summed E-state index contributed by atoms with van der Waals surface area (Å²) in [6.07, 6.45) is 3.50. The van der Waals surface area contributed by atoms with Crippen molar-refractivity contribution in [2.75, 3.05) is 0 Å². The summed E-state index contributed by atoms with van der Waals surface area (Å²) in [4.78, 5) is 19.5. The molecule has 0 radical (unpaired) electrons. The smallest absolute Gasteiger partial charge is 0.273 e. The number of carbonyl (C=O) groups is 1. The van der Waals surface area contributed by atoms with Gasteiger partial charge in [-0.15, -0.1) is 0 Å². The Hall–Kier alpha value is -3.93. The average Bonchev–Trinajstić information content (AvgIpc) is 3.34. The van der Waals surface area contributed by atoms with Crippen LogP contribution in [0.3, 0.4) is 0 Å². The fraction of sp³-hybridized carbons (Fsp3) is 0.192. The molecule has 0 bridgehead atoms. The molecule has 0 saturated carbocycles. The highest BCUT2D eigenvalue weighted by Crippen LogP contribution is 2.45. The van der Waals surface area contributed by atoms with Gasteiger partial charge >= 0.3 is 0 Å². The molecular formula is C26H24N4O2. The Balaban J connectivity index is 1.65. The standard InChI is InChI=1S/C26H24N4O2/c1-16(2)18-9-11-19(12-10-18)25-22-23(20-7-3-4-8-21(20)31)28-29-24(22)26(32)30(25)15-17-6-5-13-27-14-17/h3-14,16,25,31H,15H2,1-2H3,(H,28,29)/t25-/m0/s1. The number of amides is 1. The Kier molecular flexibility index (Phi) is 4.98. The number of para-hydroxylation sites is 1. The van der Waals surface area contributed by atoms with Crippen LogP contribution in [0.1, 0.15) is 58.5 Å². The van der Waals surface area contributed by atoms with E-state index in [-0.39, 0.29) is 17.7 Å². The topological polar surface area (TPSA) is 82.1 Å². The van der Waals surface area contributed by atoms with E-state index in [0.717, 1.165) is 16.7 Å². The molecule has 6 heteroatoms. The van der Waals surface area contributed by atoms with Crippen LogP contribution in [0.2, 0.25) is 0 Å². The molecule has 4 aromatic rings. The van der Waals surface area contributed by atoms with Gasteiger partial charge < -0.3 is 10.0 Å². The summed E-state index contributed by atoms with van der Waals surface area (Å²) in [5, 5.41) is 17.9. The lowest BCUT2D eigenvalue weighted by Crippen LogP contribution is -2.29. The number of phenols is 1. The maximum atomic E-state index is 13.5. The molecule has 0 fully saturated rings. The lowest BCUT2D eigenvalue weighted by atomic mass is 9.93. The van der Waals surface area contributed by atoms with Gasteiger partial charge in [-0.25, -0.2) is 0 Å². The molecule has 2 aromatic heterocycles. The molecule has 32 heavy (non-hydrogen) atoms. The largest absolute Gasteiger partial charge is 0.507 e. The minimum atomic E-state index is -0.327. The highest BCUT2D eigenvalue weighted by molar-refractivity contribution is 6.00. The summed E-state index contributed by atoms with van der Waals surface area (Å²) in [6.45, 7) is 4.74. The molecule has 1 aliphatic heterocycles. The third-order valence-corrected chi connectivity index (χ3v) is 6.02. The second-order valence-electron chi connectivity index (χ2n) is 8.40. The maximum Gasteiger partial charge on any atom is 0.273 e. The molecule has 0 saturated heterocycles. The SMILES string of the molecule is CC(C)c1ccc([C@H]2c3c(-c4ccccc4O)n[nH]c3C(=O)N2Cc2cccnc2)cc1. The normalized spacial score (nSPS) is 15.4. The zero-order chi connectivity index (χ0) is 22.2. The highest BCUT2D eigenvalue weighted by atomic mass is 16.3. The fourth-order valence-corrected chi connectivity index (χ4v) is 4.34. The number of pyridine rings is 1. The molecule has 5 rings (SSSR count). The number of carbonyl (C=O) groups excluding carboxylic acids is 1. The van der Waals surface area contributed by atoms with Gasteiger partial charge in [0.2, 0.25) is 0 Å². The van der Waals surface area contributed by atoms with Crippen LogP contribution in [-0.4, -0.2) is 31.1 Å². The molecular weight excluding hydrogens is 400 g/mol.